The van der Waals surface area contributed by atoms with Crippen LogP contribution in [0.3, 0.4) is 0 Å². The number of carbonyl (C=O) groups is 1. The molecular formula is C20H19FN4O3S. The van der Waals surface area contributed by atoms with Crippen molar-refractivity contribution in [2.45, 2.75) is 0 Å². The monoisotopic (exact) mass is 414 g/mol. The summed E-state index contributed by atoms with van der Waals surface area (Å²) in [4.78, 5) is 31.1. The SMILES string of the molecule is CN(C)CCN(C(=O)C=Cc1ccc([N+](=O)[O-])cc1)c1nc2ccc(F)cc2s1. The molecule has 0 saturated carbocycles. The van der Waals surface area contributed by atoms with E-state index in [1.807, 2.05) is 19.0 Å². The van der Waals surface area contributed by atoms with Gasteiger partial charge in [-0.25, -0.2) is 9.37 Å². The van der Waals surface area contributed by atoms with Gasteiger partial charge < -0.3 is 4.90 Å². The first-order chi connectivity index (χ1) is 13.8. The van der Waals surface area contributed by atoms with Gasteiger partial charge in [0.05, 0.1) is 15.1 Å². The number of halogens is 1. The van der Waals surface area contributed by atoms with Crippen LogP contribution in [0.25, 0.3) is 16.3 Å². The van der Waals surface area contributed by atoms with Gasteiger partial charge in [-0.05, 0) is 56.1 Å². The molecule has 0 bridgehead atoms. The first kappa shape index (κ1) is 20.6. The van der Waals surface area contributed by atoms with Crippen LogP contribution in [0.1, 0.15) is 5.56 Å². The Morgan fingerprint density at radius 1 is 1.21 bits per heavy atom. The predicted octanol–water partition coefficient (Wildman–Crippen LogP) is 3.95. The minimum Gasteiger partial charge on any atom is -0.308 e. The molecule has 7 nitrogen and oxygen atoms in total. The molecule has 0 spiro atoms. The summed E-state index contributed by atoms with van der Waals surface area (Å²) in [6.07, 6.45) is 3.01. The van der Waals surface area contributed by atoms with Crippen LogP contribution < -0.4 is 4.90 Å². The Balaban J connectivity index is 1.84. The quantitative estimate of drug-likeness (QED) is 0.332. The molecule has 0 unspecified atom stereocenters. The van der Waals surface area contributed by atoms with Gasteiger partial charge in [0.25, 0.3) is 11.6 Å². The van der Waals surface area contributed by atoms with Crippen LogP contribution in [-0.4, -0.2) is 47.9 Å². The van der Waals surface area contributed by atoms with Crippen LogP contribution in [0.4, 0.5) is 15.2 Å². The third-order valence-electron chi connectivity index (χ3n) is 4.13. The summed E-state index contributed by atoms with van der Waals surface area (Å²) >= 11 is 1.25. The number of benzene rings is 2. The highest BCUT2D eigenvalue weighted by molar-refractivity contribution is 7.22. The number of nitrogens with zero attached hydrogens (tertiary/aromatic N) is 4. The van der Waals surface area contributed by atoms with Crippen LogP contribution in [-0.2, 0) is 4.79 Å². The highest BCUT2D eigenvalue weighted by Crippen LogP contribution is 2.29. The number of nitro benzene ring substituents is 1. The van der Waals surface area contributed by atoms with Crippen molar-refractivity contribution in [3.8, 4) is 0 Å². The average molecular weight is 414 g/mol. The summed E-state index contributed by atoms with van der Waals surface area (Å²) in [5, 5.41) is 11.2. The lowest BCUT2D eigenvalue weighted by molar-refractivity contribution is -0.384. The first-order valence-corrected chi connectivity index (χ1v) is 9.60. The third kappa shape index (κ3) is 5.21. The largest absolute Gasteiger partial charge is 0.308 e. The molecule has 0 N–H and O–H groups in total. The molecule has 3 aromatic rings. The summed E-state index contributed by atoms with van der Waals surface area (Å²) < 4.78 is 14.2. The number of carbonyl (C=O) groups excluding carboxylic acids is 1. The molecule has 3 rings (SSSR count). The van der Waals surface area contributed by atoms with Crippen LogP contribution in [0, 0.1) is 15.9 Å². The van der Waals surface area contributed by atoms with E-state index < -0.39 is 4.92 Å². The molecule has 0 fully saturated rings. The Bertz CT molecular complexity index is 1060. The standard InChI is InChI=1S/C20H19FN4O3S/c1-23(2)11-12-24(20-22-17-9-6-15(21)13-18(17)29-20)19(26)10-5-14-3-7-16(8-4-14)25(27)28/h3-10,13H,11-12H2,1-2H3. The number of likely N-dealkylation sites (N-methyl/N-ethyl adjacent to an activating group) is 1. The Kier molecular flexibility index (Phi) is 6.30. The Morgan fingerprint density at radius 2 is 1.93 bits per heavy atom. The van der Waals surface area contributed by atoms with E-state index in [-0.39, 0.29) is 17.4 Å². The van der Waals surface area contributed by atoms with Gasteiger partial charge in [-0.3, -0.25) is 19.8 Å². The molecule has 0 aliphatic carbocycles. The number of rotatable bonds is 7. The molecule has 1 amide bonds. The fraction of sp³-hybridized carbons (Fsp3) is 0.200. The van der Waals surface area contributed by atoms with Crippen molar-refractivity contribution >= 4 is 44.4 Å². The van der Waals surface area contributed by atoms with Crippen molar-refractivity contribution in [3.63, 3.8) is 0 Å². The number of hydrogen-bond acceptors (Lipinski definition) is 6. The number of fused-ring (bicyclic) bond motifs is 1. The van der Waals surface area contributed by atoms with Gasteiger partial charge in [0, 0.05) is 31.3 Å². The van der Waals surface area contributed by atoms with Crippen LogP contribution in [0.5, 0.6) is 0 Å². The van der Waals surface area contributed by atoms with Gasteiger partial charge in [-0.1, -0.05) is 11.3 Å². The van der Waals surface area contributed by atoms with Gasteiger partial charge in [-0.15, -0.1) is 0 Å². The van der Waals surface area contributed by atoms with Gasteiger partial charge in [0.2, 0.25) is 0 Å². The molecule has 0 aliphatic rings. The first-order valence-electron chi connectivity index (χ1n) is 8.78. The molecule has 2 aromatic carbocycles. The maximum absolute atomic E-state index is 13.5. The minimum absolute atomic E-state index is 0.0113. The predicted molar refractivity (Wildman–Crippen MR) is 113 cm³/mol. The molecule has 9 heteroatoms. The van der Waals surface area contributed by atoms with Gasteiger partial charge in [-0.2, -0.15) is 0 Å². The van der Waals surface area contributed by atoms with Crippen molar-refractivity contribution in [3.05, 3.63) is 70.0 Å². The van der Waals surface area contributed by atoms with Crippen molar-refractivity contribution in [1.82, 2.24) is 9.88 Å². The van der Waals surface area contributed by atoms with Crippen LogP contribution in [0.15, 0.2) is 48.5 Å². The van der Waals surface area contributed by atoms with E-state index in [4.69, 9.17) is 0 Å². The zero-order valence-corrected chi connectivity index (χ0v) is 16.7. The number of thiazole rings is 1. The summed E-state index contributed by atoms with van der Waals surface area (Å²) in [6.45, 7) is 1.04. The normalized spacial score (nSPS) is 11.4. The second kappa shape index (κ2) is 8.89. The van der Waals surface area contributed by atoms with Gasteiger partial charge in [0.1, 0.15) is 5.82 Å². The number of non-ortho nitro benzene ring substituents is 1. The number of aromatic nitrogens is 1. The lowest BCUT2D eigenvalue weighted by atomic mass is 10.2. The zero-order chi connectivity index (χ0) is 21.0. The van der Waals surface area contributed by atoms with E-state index in [2.05, 4.69) is 4.98 Å². The van der Waals surface area contributed by atoms with Crippen molar-refractivity contribution in [2.24, 2.45) is 0 Å². The molecule has 150 valence electrons. The Labute approximate surface area is 170 Å². The third-order valence-corrected chi connectivity index (χ3v) is 5.17. The van der Waals surface area contributed by atoms with E-state index in [9.17, 15) is 19.3 Å². The maximum Gasteiger partial charge on any atom is 0.269 e. The molecule has 0 saturated heterocycles. The van der Waals surface area contributed by atoms with E-state index in [1.165, 1.54) is 41.7 Å². The lowest BCUT2D eigenvalue weighted by Gasteiger charge is -2.20. The number of amides is 1. The highest BCUT2D eigenvalue weighted by atomic mass is 32.1. The summed E-state index contributed by atoms with van der Waals surface area (Å²) in [5.74, 6) is -0.623. The van der Waals surface area contributed by atoms with Gasteiger partial charge >= 0.3 is 0 Å². The molecule has 0 radical (unpaired) electrons. The average Bonchev–Trinajstić information content (AvgIpc) is 3.09. The van der Waals surface area contributed by atoms with Crippen molar-refractivity contribution in [2.75, 3.05) is 32.1 Å². The summed E-state index contributed by atoms with van der Waals surface area (Å²) in [5.41, 5.74) is 1.29. The number of hydrogen-bond donors (Lipinski definition) is 0. The lowest BCUT2D eigenvalue weighted by Crippen LogP contribution is -2.35. The Hall–Kier alpha value is -3.17. The molecular weight excluding hydrogens is 395 g/mol. The molecule has 1 heterocycles. The fourth-order valence-electron chi connectivity index (χ4n) is 2.57. The Morgan fingerprint density at radius 3 is 2.59 bits per heavy atom. The summed E-state index contributed by atoms with van der Waals surface area (Å²) in [7, 11) is 3.81. The minimum atomic E-state index is -0.475. The van der Waals surface area contributed by atoms with E-state index in [0.717, 1.165) is 0 Å². The molecule has 1 aromatic heterocycles. The number of nitro groups is 1. The van der Waals surface area contributed by atoms with Crippen LogP contribution in [0.2, 0.25) is 0 Å². The zero-order valence-electron chi connectivity index (χ0n) is 15.9. The van der Waals surface area contributed by atoms with Crippen molar-refractivity contribution in [1.29, 1.82) is 0 Å². The van der Waals surface area contributed by atoms with E-state index >= 15 is 0 Å². The summed E-state index contributed by atoms with van der Waals surface area (Å²) in [6, 6.07) is 10.3. The van der Waals surface area contributed by atoms with Crippen LogP contribution >= 0.6 is 11.3 Å². The molecule has 0 aliphatic heterocycles. The number of anilines is 1. The van der Waals surface area contributed by atoms with E-state index in [1.54, 1.807) is 29.2 Å². The second-order valence-electron chi connectivity index (χ2n) is 6.58. The molecule has 0 atom stereocenters. The smallest absolute Gasteiger partial charge is 0.269 e. The van der Waals surface area contributed by atoms with Gasteiger partial charge in [0.15, 0.2) is 5.13 Å². The second-order valence-corrected chi connectivity index (χ2v) is 7.59. The topological polar surface area (TPSA) is 79.6 Å². The van der Waals surface area contributed by atoms with E-state index in [0.29, 0.717) is 34.0 Å². The fourth-order valence-corrected chi connectivity index (χ4v) is 3.59. The maximum atomic E-state index is 13.5. The molecule has 29 heavy (non-hydrogen) atoms. The van der Waals surface area contributed by atoms with Crippen molar-refractivity contribution < 1.29 is 14.1 Å². The highest BCUT2D eigenvalue weighted by Gasteiger charge is 2.18.